The SMILES string of the molecule is CC(C)NC(=O)CCNC1CCN(c2ccncc2)CC1. The van der Waals surface area contributed by atoms with Crippen molar-refractivity contribution in [3.05, 3.63) is 24.5 Å². The summed E-state index contributed by atoms with van der Waals surface area (Å²) in [6, 6.07) is 4.87. The van der Waals surface area contributed by atoms with Crippen molar-refractivity contribution < 1.29 is 4.79 Å². The van der Waals surface area contributed by atoms with Gasteiger partial charge in [0.2, 0.25) is 5.91 Å². The summed E-state index contributed by atoms with van der Waals surface area (Å²) >= 11 is 0. The zero-order chi connectivity index (χ0) is 15.1. The van der Waals surface area contributed by atoms with Gasteiger partial charge < -0.3 is 15.5 Å². The van der Waals surface area contributed by atoms with Gasteiger partial charge in [0.1, 0.15) is 0 Å². The maximum atomic E-state index is 11.6. The van der Waals surface area contributed by atoms with Crippen molar-refractivity contribution >= 4 is 11.6 Å². The van der Waals surface area contributed by atoms with Gasteiger partial charge in [-0.3, -0.25) is 9.78 Å². The third-order valence-corrected chi connectivity index (χ3v) is 3.76. The van der Waals surface area contributed by atoms with E-state index in [4.69, 9.17) is 0 Å². The lowest BCUT2D eigenvalue weighted by Gasteiger charge is -2.34. The first-order chi connectivity index (χ1) is 10.1. The van der Waals surface area contributed by atoms with Crippen LogP contribution in [-0.4, -0.2) is 42.6 Å². The number of piperidine rings is 1. The molecule has 0 atom stereocenters. The van der Waals surface area contributed by atoms with Crippen LogP contribution in [0.5, 0.6) is 0 Å². The van der Waals surface area contributed by atoms with Crippen LogP contribution in [0.4, 0.5) is 5.69 Å². The first-order valence-corrected chi connectivity index (χ1v) is 7.83. The average molecular weight is 290 g/mol. The average Bonchev–Trinajstić information content (AvgIpc) is 2.48. The summed E-state index contributed by atoms with van der Waals surface area (Å²) in [5.74, 6) is 0.131. The highest BCUT2D eigenvalue weighted by molar-refractivity contribution is 5.76. The number of rotatable bonds is 6. The topological polar surface area (TPSA) is 57.3 Å². The van der Waals surface area contributed by atoms with Crippen LogP contribution in [0, 0.1) is 0 Å². The van der Waals surface area contributed by atoms with Crippen molar-refractivity contribution in [1.29, 1.82) is 0 Å². The Balaban J connectivity index is 1.64. The molecular weight excluding hydrogens is 264 g/mol. The maximum absolute atomic E-state index is 11.6. The lowest BCUT2D eigenvalue weighted by atomic mass is 10.0. The van der Waals surface area contributed by atoms with Gasteiger partial charge >= 0.3 is 0 Å². The normalized spacial score (nSPS) is 16.2. The third-order valence-electron chi connectivity index (χ3n) is 3.76. The van der Waals surface area contributed by atoms with Crippen LogP contribution in [0.15, 0.2) is 24.5 Å². The third kappa shape index (κ3) is 5.34. The van der Waals surface area contributed by atoms with Crippen LogP contribution >= 0.6 is 0 Å². The summed E-state index contributed by atoms with van der Waals surface area (Å²) < 4.78 is 0. The van der Waals surface area contributed by atoms with E-state index in [1.807, 2.05) is 26.2 Å². The molecule has 0 bridgehead atoms. The summed E-state index contributed by atoms with van der Waals surface area (Å²) in [7, 11) is 0. The number of nitrogens with zero attached hydrogens (tertiary/aromatic N) is 2. The molecule has 1 aromatic rings. The van der Waals surface area contributed by atoms with Crippen molar-refractivity contribution in [1.82, 2.24) is 15.6 Å². The van der Waals surface area contributed by atoms with Gasteiger partial charge in [0.15, 0.2) is 0 Å². The van der Waals surface area contributed by atoms with E-state index in [-0.39, 0.29) is 11.9 Å². The smallest absolute Gasteiger partial charge is 0.221 e. The standard InChI is InChI=1S/C16H26N4O/c1-13(2)19-16(21)5-10-18-14-6-11-20(12-7-14)15-3-8-17-9-4-15/h3-4,8-9,13-14,18H,5-7,10-12H2,1-2H3,(H,19,21). The van der Waals surface area contributed by atoms with E-state index in [2.05, 4.69) is 32.7 Å². The van der Waals surface area contributed by atoms with Crippen LogP contribution in [0.1, 0.15) is 33.1 Å². The summed E-state index contributed by atoms with van der Waals surface area (Å²) in [5.41, 5.74) is 1.25. The molecule has 1 fully saturated rings. The molecular formula is C16H26N4O. The Labute approximate surface area is 127 Å². The van der Waals surface area contributed by atoms with Gasteiger partial charge in [-0.2, -0.15) is 0 Å². The molecule has 1 saturated heterocycles. The molecule has 116 valence electrons. The van der Waals surface area contributed by atoms with Gasteiger partial charge in [-0.25, -0.2) is 0 Å². The molecule has 2 rings (SSSR count). The molecule has 0 aromatic carbocycles. The monoisotopic (exact) mass is 290 g/mol. The van der Waals surface area contributed by atoms with E-state index in [0.717, 1.165) is 32.5 Å². The molecule has 2 N–H and O–H groups in total. The van der Waals surface area contributed by atoms with Gasteiger partial charge in [0.05, 0.1) is 0 Å². The second-order valence-corrected chi connectivity index (χ2v) is 5.89. The van der Waals surface area contributed by atoms with E-state index in [9.17, 15) is 4.79 Å². The molecule has 5 nitrogen and oxygen atoms in total. The molecule has 0 aliphatic carbocycles. The molecule has 5 heteroatoms. The van der Waals surface area contributed by atoms with Gasteiger partial charge in [-0.1, -0.05) is 0 Å². The fourth-order valence-corrected chi connectivity index (χ4v) is 2.68. The molecule has 2 heterocycles. The van der Waals surface area contributed by atoms with Gasteiger partial charge in [0.25, 0.3) is 0 Å². The van der Waals surface area contributed by atoms with Crippen LogP contribution in [0.2, 0.25) is 0 Å². The number of aromatic nitrogens is 1. The number of amides is 1. The minimum atomic E-state index is 0.131. The Morgan fingerprint density at radius 3 is 2.62 bits per heavy atom. The Bertz CT molecular complexity index is 427. The van der Waals surface area contributed by atoms with Crippen LogP contribution in [-0.2, 0) is 4.79 Å². The number of carbonyl (C=O) groups excluding carboxylic acids is 1. The predicted octanol–water partition coefficient (Wildman–Crippen LogP) is 1.55. The maximum Gasteiger partial charge on any atom is 0.221 e. The zero-order valence-corrected chi connectivity index (χ0v) is 13.0. The number of carbonyl (C=O) groups is 1. The minimum Gasteiger partial charge on any atom is -0.371 e. The molecule has 21 heavy (non-hydrogen) atoms. The highest BCUT2D eigenvalue weighted by atomic mass is 16.1. The first kappa shape index (κ1) is 15.8. The Morgan fingerprint density at radius 2 is 2.00 bits per heavy atom. The second kappa shape index (κ2) is 7.98. The predicted molar refractivity (Wildman–Crippen MR) is 85.4 cm³/mol. The Hall–Kier alpha value is -1.62. The zero-order valence-electron chi connectivity index (χ0n) is 13.0. The highest BCUT2D eigenvalue weighted by Crippen LogP contribution is 2.18. The van der Waals surface area contributed by atoms with E-state index in [1.54, 1.807) is 0 Å². The minimum absolute atomic E-state index is 0.131. The van der Waals surface area contributed by atoms with E-state index < -0.39 is 0 Å². The molecule has 0 spiro atoms. The summed E-state index contributed by atoms with van der Waals surface area (Å²) in [5, 5.41) is 6.41. The molecule has 0 saturated carbocycles. The van der Waals surface area contributed by atoms with E-state index in [1.165, 1.54) is 5.69 Å². The van der Waals surface area contributed by atoms with Crippen LogP contribution in [0.25, 0.3) is 0 Å². The van der Waals surface area contributed by atoms with Crippen molar-refractivity contribution in [3.8, 4) is 0 Å². The summed E-state index contributed by atoms with van der Waals surface area (Å²) in [6.45, 7) is 6.85. The molecule has 0 radical (unpaired) electrons. The molecule has 1 aliphatic rings. The molecule has 1 aliphatic heterocycles. The number of anilines is 1. The Morgan fingerprint density at radius 1 is 1.33 bits per heavy atom. The number of nitrogens with one attached hydrogen (secondary N) is 2. The second-order valence-electron chi connectivity index (χ2n) is 5.89. The fraction of sp³-hybridized carbons (Fsp3) is 0.625. The number of pyridine rings is 1. The van der Waals surface area contributed by atoms with Crippen molar-refractivity contribution in [2.24, 2.45) is 0 Å². The number of hydrogen-bond acceptors (Lipinski definition) is 4. The van der Waals surface area contributed by atoms with E-state index >= 15 is 0 Å². The van der Waals surface area contributed by atoms with Gasteiger partial charge in [-0.15, -0.1) is 0 Å². The Kier molecular flexibility index (Phi) is 5.99. The largest absolute Gasteiger partial charge is 0.371 e. The van der Waals surface area contributed by atoms with Gasteiger partial charge in [-0.05, 0) is 38.8 Å². The highest BCUT2D eigenvalue weighted by Gasteiger charge is 2.19. The van der Waals surface area contributed by atoms with Crippen molar-refractivity contribution in [2.45, 2.75) is 45.2 Å². The summed E-state index contributed by atoms with van der Waals surface area (Å²) in [6.07, 6.45) is 6.48. The summed E-state index contributed by atoms with van der Waals surface area (Å²) in [4.78, 5) is 18.0. The fourth-order valence-electron chi connectivity index (χ4n) is 2.68. The lowest BCUT2D eigenvalue weighted by molar-refractivity contribution is -0.121. The number of hydrogen-bond donors (Lipinski definition) is 2. The lowest BCUT2D eigenvalue weighted by Crippen LogP contribution is -2.43. The van der Waals surface area contributed by atoms with E-state index in [0.29, 0.717) is 12.5 Å². The first-order valence-electron chi connectivity index (χ1n) is 7.83. The van der Waals surface area contributed by atoms with Gasteiger partial charge in [0, 0.05) is 56.2 Å². The van der Waals surface area contributed by atoms with Crippen LogP contribution in [0.3, 0.4) is 0 Å². The van der Waals surface area contributed by atoms with Crippen LogP contribution < -0.4 is 15.5 Å². The van der Waals surface area contributed by atoms with Crippen molar-refractivity contribution in [2.75, 3.05) is 24.5 Å². The molecule has 1 aromatic heterocycles. The molecule has 1 amide bonds. The molecule has 0 unspecified atom stereocenters. The van der Waals surface area contributed by atoms with Crippen molar-refractivity contribution in [3.63, 3.8) is 0 Å². The quantitative estimate of drug-likeness (QED) is 0.835.